The molecule has 0 N–H and O–H groups in total. The molecule has 0 fully saturated rings. The highest BCUT2D eigenvalue weighted by Crippen LogP contribution is 2.39. The molecule has 0 bridgehead atoms. The van der Waals surface area contributed by atoms with Crippen molar-refractivity contribution in [1.82, 2.24) is 9.97 Å². The van der Waals surface area contributed by atoms with Gasteiger partial charge in [-0.3, -0.25) is 0 Å². The number of fused-ring (bicyclic) bond motifs is 3. The first kappa shape index (κ1) is 25.8. The number of aromatic nitrogens is 2. The van der Waals surface area contributed by atoms with Crippen LogP contribution >= 0.6 is 0 Å². The highest BCUT2D eigenvalue weighted by molar-refractivity contribution is 6.09. The minimum atomic E-state index is -0.309. The number of benzene rings is 6. The molecular weight excluding hydrogens is 543 g/mol. The Kier molecular flexibility index (Phi) is 6.31. The fraction of sp³-hybridized carbons (Fsp3) is 0. The fourth-order valence-electron chi connectivity index (χ4n) is 5.81. The zero-order valence-corrected chi connectivity index (χ0v) is 23.6. The Bertz CT molecular complexity index is 2290. The number of para-hydroxylation sites is 2. The second kappa shape index (κ2) is 10.8. The molecule has 3 nitrogen and oxygen atoms in total. The van der Waals surface area contributed by atoms with Crippen molar-refractivity contribution < 1.29 is 8.81 Å². The third-order valence-electron chi connectivity index (χ3n) is 7.93. The van der Waals surface area contributed by atoms with E-state index >= 15 is 0 Å². The molecule has 0 radical (unpaired) electrons. The van der Waals surface area contributed by atoms with Gasteiger partial charge in [0.1, 0.15) is 17.0 Å². The average molecular weight is 569 g/mol. The van der Waals surface area contributed by atoms with Crippen molar-refractivity contribution in [2.45, 2.75) is 0 Å². The molecule has 8 aromatic rings. The standard InChI is InChI=1S/C40H25FN2O/c41-32-16-9-15-28(24-32)36-25-37(43-40(42-36)27-13-5-2-6-14-27)31-22-29(26-11-3-1-4-12-26)21-30(23-31)33-18-10-19-35-34-17-7-8-20-38(34)44-39(33)35/h1-25H. The highest BCUT2D eigenvalue weighted by atomic mass is 19.1. The molecule has 4 heteroatoms. The maximum absolute atomic E-state index is 14.3. The summed E-state index contributed by atoms with van der Waals surface area (Å²) in [5.41, 5.74) is 9.76. The van der Waals surface area contributed by atoms with Gasteiger partial charge in [-0.15, -0.1) is 0 Å². The molecule has 0 saturated heterocycles. The number of furan rings is 1. The fourth-order valence-corrected chi connectivity index (χ4v) is 5.81. The van der Waals surface area contributed by atoms with Crippen LogP contribution in [-0.2, 0) is 0 Å². The summed E-state index contributed by atoms with van der Waals surface area (Å²) in [4.78, 5) is 9.93. The lowest BCUT2D eigenvalue weighted by atomic mass is 9.93. The number of nitrogens with zero attached hydrogens (tertiary/aromatic N) is 2. The molecule has 208 valence electrons. The number of halogens is 1. The Hall–Kier alpha value is -5.87. The van der Waals surface area contributed by atoms with Crippen molar-refractivity contribution in [2.75, 3.05) is 0 Å². The van der Waals surface area contributed by atoms with Crippen LogP contribution in [-0.4, -0.2) is 9.97 Å². The topological polar surface area (TPSA) is 38.9 Å². The number of rotatable bonds is 5. The molecule has 0 spiro atoms. The second-order valence-corrected chi connectivity index (χ2v) is 10.8. The van der Waals surface area contributed by atoms with Crippen molar-refractivity contribution in [2.24, 2.45) is 0 Å². The summed E-state index contributed by atoms with van der Waals surface area (Å²) in [6.07, 6.45) is 0. The number of hydrogen-bond acceptors (Lipinski definition) is 3. The van der Waals surface area contributed by atoms with Gasteiger partial charge in [0.25, 0.3) is 0 Å². The van der Waals surface area contributed by atoms with Gasteiger partial charge in [0.2, 0.25) is 0 Å². The van der Waals surface area contributed by atoms with Gasteiger partial charge in [-0.1, -0.05) is 109 Å². The third-order valence-corrected chi connectivity index (χ3v) is 7.93. The summed E-state index contributed by atoms with van der Waals surface area (Å²) in [6.45, 7) is 0. The van der Waals surface area contributed by atoms with Crippen LogP contribution in [0.2, 0.25) is 0 Å². The molecule has 0 saturated carbocycles. The molecule has 0 aliphatic rings. The summed E-state index contributed by atoms with van der Waals surface area (Å²) in [7, 11) is 0. The average Bonchev–Trinajstić information content (AvgIpc) is 3.48. The molecule has 44 heavy (non-hydrogen) atoms. The van der Waals surface area contributed by atoms with Gasteiger partial charge in [-0.25, -0.2) is 14.4 Å². The molecule has 2 heterocycles. The quantitative estimate of drug-likeness (QED) is 0.207. The van der Waals surface area contributed by atoms with Crippen LogP contribution in [0.1, 0.15) is 0 Å². The Labute approximate surface area is 253 Å². The maximum atomic E-state index is 14.3. The SMILES string of the molecule is Fc1cccc(-c2cc(-c3cc(-c4ccccc4)cc(-c4cccc5c4oc4ccccc45)c3)nc(-c3ccccc3)n2)c1. The predicted molar refractivity (Wildman–Crippen MR) is 176 cm³/mol. The maximum Gasteiger partial charge on any atom is 0.160 e. The first-order chi connectivity index (χ1) is 21.7. The van der Waals surface area contributed by atoms with E-state index in [0.717, 1.165) is 61.0 Å². The van der Waals surface area contributed by atoms with E-state index in [1.165, 1.54) is 12.1 Å². The Morgan fingerprint density at radius 3 is 1.84 bits per heavy atom. The summed E-state index contributed by atoms with van der Waals surface area (Å²) < 4.78 is 20.8. The van der Waals surface area contributed by atoms with Crippen LogP contribution in [0.5, 0.6) is 0 Å². The highest BCUT2D eigenvalue weighted by Gasteiger charge is 2.16. The summed E-state index contributed by atoms with van der Waals surface area (Å²) in [6, 6.07) is 49.6. The van der Waals surface area contributed by atoms with Gasteiger partial charge < -0.3 is 4.42 Å². The van der Waals surface area contributed by atoms with Gasteiger partial charge in [0.05, 0.1) is 11.4 Å². The van der Waals surface area contributed by atoms with Crippen molar-refractivity contribution in [1.29, 1.82) is 0 Å². The van der Waals surface area contributed by atoms with Crippen LogP contribution in [0.25, 0.3) is 78.1 Å². The van der Waals surface area contributed by atoms with Crippen LogP contribution in [0.15, 0.2) is 156 Å². The van der Waals surface area contributed by atoms with E-state index in [4.69, 9.17) is 14.4 Å². The zero-order valence-electron chi connectivity index (χ0n) is 23.6. The van der Waals surface area contributed by atoms with Crippen molar-refractivity contribution >= 4 is 21.9 Å². The lowest BCUT2D eigenvalue weighted by molar-refractivity contribution is 0.628. The van der Waals surface area contributed by atoms with Gasteiger partial charge in [-0.2, -0.15) is 0 Å². The third kappa shape index (κ3) is 4.73. The molecule has 8 rings (SSSR count). The van der Waals surface area contributed by atoms with Gasteiger partial charge in [-0.05, 0) is 59.2 Å². The molecule has 0 aliphatic heterocycles. The Morgan fingerprint density at radius 2 is 1.05 bits per heavy atom. The van der Waals surface area contributed by atoms with E-state index in [1.807, 2.05) is 78.9 Å². The molecular formula is C40H25FN2O. The van der Waals surface area contributed by atoms with Crippen molar-refractivity contribution in [3.05, 3.63) is 157 Å². The van der Waals surface area contributed by atoms with E-state index in [9.17, 15) is 4.39 Å². The molecule has 0 unspecified atom stereocenters. The number of hydrogen-bond donors (Lipinski definition) is 0. The minimum absolute atomic E-state index is 0.309. The predicted octanol–water partition coefficient (Wildman–Crippen LogP) is 10.9. The van der Waals surface area contributed by atoms with Crippen molar-refractivity contribution in [3.63, 3.8) is 0 Å². The smallest absolute Gasteiger partial charge is 0.160 e. The summed E-state index contributed by atoms with van der Waals surface area (Å²) in [5.74, 6) is 0.268. The Morgan fingerprint density at radius 1 is 0.432 bits per heavy atom. The first-order valence-corrected chi connectivity index (χ1v) is 14.5. The van der Waals surface area contributed by atoms with E-state index in [2.05, 4.69) is 54.6 Å². The molecule has 0 amide bonds. The Balaban J connectivity index is 1.39. The van der Waals surface area contributed by atoms with E-state index in [1.54, 1.807) is 6.07 Å². The van der Waals surface area contributed by atoms with E-state index in [0.29, 0.717) is 17.1 Å². The second-order valence-electron chi connectivity index (χ2n) is 10.8. The molecule has 0 aliphatic carbocycles. The van der Waals surface area contributed by atoms with Crippen LogP contribution in [0.4, 0.5) is 4.39 Å². The van der Waals surface area contributed by atoms with Gasteiger partial charge in [0, 0.05) is 33.0 Å². The first-order valence-electron chi connectivity index (χ1n) is 14.5. The normalized spacial score (nSPS) is 11.3. The summed E-state index contributed by atoms with van der Waals surface area (Å²) in [5, 5.41) is 2.17. The molecule has 0 atom stereocenters. The monoisotopic (exact) mass is 568 g/mol. The lowest BCUT2D eigenvalue weighted by Crippen LogP contribution is -1.97. The zero-order chi connectivity index (χ0) is 29.5. The largest absolute Gasteiger partial charge is 0.455 e. The molecule has 6 aromatic carbocycles. The van der Waals surface area contributed by atoms with E-state index < -0.39 is 0 Å². The van der Waals surface area contributed by atoms with Crippen LogP contribution in [0.3, 0.4) is 0 Å². The molecule has 2 aromatic heterocycles. The lowest BCUT2D eigenvalue weighted by Gasteiger charge is -2.13. The summed E-state index contributed by atoms with van der Waals surface area (Å²) >= 11 is 0. The van der Waals surface area contributed by atoms with Crippen LogP contribution in [0, 0.1) is 5.82 Å². The van der Waals surface area contributed by atoms with Crippen molar-refractivity contribution in [3.8, 4) is 56.2 Å². The minimum Gasteiger partial charge on any atom is -0.455 e. The van der Waals surface area contributed by atoms with Crippen LogP contribution < -0.4 is 0 Å². The van der Waals surface area contributed by atoms with Gasteiger partial charge in [0.15, 0.2) is 5.82 Å². The van der Waals surface area contributed by atoms with Gasteiger partial charge >= 0.3 is 0 Å². The van der Waals surface area contributed by atoms with E-state index in [-0.39, 0.29) is 5.82 Å².